The zero-order chi connectivity index (χ0) is 47.3. The molecule has 392 valence electrons. The van der Waals surface area contributed by atoms with Crippen molar-refractivity contribution in [3.8, 4) is 0 Å². The van der Waals surface area contributed by atoms with Crippen LogP contribution in [-0.2, 0) is 0 Å². The maximum absolute atomic E-state index is 3.58. The van der Waals surface area contributed by atoms with E-state index in [1.807, 2.05) is 0 Å². The van der Waals surface area contributed by atoms with E-state index in [2.05, 4.69) is 106 Å². The third-order valence-corrected chi connectivity index (χ3v) is 22.0. The van der Waals surface area contributed by atoms with Crippen LogP contribution in [0.5, 0.6) is 0 Å². The predicted molar refractivity (Wildman–Crippen MR) is 287 cm³/mol. The van der Waals surface area contributed by atoms with Crippen LogP contribution in [0.4, 0.5) is 0 Å². The van der Waals surface area contributed by atoms with Gasteiger partial charge in [-0.15, -0.1) is 0 Å². The van der Waals surface area contributed by atoms with Gasteiger partial charge in [0.05, 0.1) is 0 Å². The fourth-order valence-electron chi connectivity index (χ4n) is 17.5. The number of piperidine rings is 4. The fourth-order valence-corrected chi connectivity index (χ4v) is 17.5. The summed E-state index contributed by atoms with van der Waals surface area (Å²) in [6, 6.07) is 10.1. The summed E-state index contributed by atoms with van der Waals surface area (Å²) in [5.74, 6) is 5.38. The van der Waals surface area contributed by atoms with E-state index in [1.165, 1.54) is 219 Å². The zero-order valence-corrected chi connectivity index (χ0v) is 45.9. The molecule has 10 unspecified atom stereocenters. The molecule has 10 heteroatoms. The maximum Gasteiger partial charge on any atom is 0.0221 e. The molecule has 4 aliphatic carbocycles. The Morgan fingerprint density at radius 3 is 0.912 bits per heavy atom. The molecule has 0 aromatic carbocycles. The molecule has 0 aromatic heterocycles. The average molecular weight is 948 g/mol. The van der Waals surface area contributed by atoms with Gasteiger partial charge in [-0.05, 0) is 234 Å². The van der Waals surface area contributed by atoms with E-state index in [1.54, 1.807) is 0 Å². The van der Waals surface area contributed by atoms with Crippen molar-refractivity contribution in [2.45, 2.75) is 227 Å². The fraction of sp³-hybridized carbons (Fsp3) is 1.00. The molecule has 12 aliphatic heterocycles. The summed E-state index contributed by atoms with van der Waals surface area (Å²) >= 11 is 0. The van der Waals surface area contributed by atoms with Gasteiger partial charge in [0.1, 0.15) is 0 Å². The van der Waals surface area contributed by atoms with Gasteiger partial charge in [-0.25, -0.2) is 0 Å². The number of nitrogens with zero attached hydrogens (tertiary/aromatic N) is 8. The molecule has 0 radical (unpaired) electrons. The van der Waals surface area contributed by atoms with Crippen LogP contribution in [0.25, 0.3) is 0 Å². The van der Waals surface area contributed by atoms with E-state index >= 15 is 0 Å². The van der Waals surface area contributed by atoms with Crippen LogP contribution in [0.2, 0.25) is 0 Å². The van der Waals surface area contributed by atoms with E-state index in [-0.39, 0.29) is 0 Å². The first-order valence-corrected chi connectivity index (χ1v) is 30.0. The van der Waals surface area contributed by atoms with Crippen LogP contribution in [0.1, 0.15) is 161 Å². The molecule has 0 amide bonds. The zero-order valence-electron chi connectivity index (χ0n) is 45.9. The summed E-state index contributed by atoms with van der Waals surface area (Å²) in [5, 5.41) is 7.01. The number of piperazine rings is 2. The number of rotatable bonds is 0. The summed E-state index contributed by atoms with van der Waals surface area (Å²) in [7, 11) is 18.0. The molecule has 16 fully saturated rings. The number of nitrogens with one attached hydrogen (secondary N) is 2. The minimum Gasteiger partial charge on any atom is -0.314 e. The molecule has 14 bridgehead atoms. The highest BCUT2D eigenvalue weighted by molar-refractivity contribution is 4.96. The van der Waals surface area contributed by atoms with E-state index in [4.69, 9.17) is 0 Å². The van der Waals surface area contributed by atoms with Gasteiger partial charge < -0.3 is 44.9 Å². The van der Waals surface area contributed by atoms with Gasteiger partial charge in [0.25, 0.3) is 0 Å². The SMILES string of the molecule is CN1C2CCC1CC2.CN1C2CCC1CNC2.CN1C2CCCC1CC2.CN1CC2CCC(C1)N2.CN1CC2CCC1C2.CN1CC2CCCC2C1.CN1C[C@@H]2CC[C@H]1C2.CN1C[C@H]2CC[C@@H]1C2. The summed E-state index contributed by atoms with van der Waals surface area (Å²) in [6.45, 7) is 11.8. The second-order valence-corrected chi connectivity index (χ2v) is 26.7. The number of fused-ring (bicyclic) bond motifs is 15. The van der Waals surface area contributed by atoms with E-state index < -0.39 is 0 Å². The van der Waals surface area contributed by atoms with E-state index in [0.717, 1.165) is 96.0 Å². The number of likely N-dealkylation sites (N-methyl/N-ethyl adjacent to an activating group) is 2. The van der Waals surface area contributed by atoms with Gasteiger partial charge in [-0.3, -0.25) is 4.90 Å². The Bertz CT molecular complexity index is 1330. The Hall–Kier alpha value is -0.400. The largest absolute Gasteiger partial charge is 0.314 e. The third kappa shape index (κ3) is 13.7. The highest BCUT2D eigenvalue weighted by atomic mass is 15.3. The van der Waals surface area contributed by atoms with Crippen molar-refractivity contribution in [3.63, 3.8) is 0 Å². The predicted octanol–water partition coefficient (Wildman–Crippen LogP) is 7.63. The molecule has 0 spiro atoms. The molecule has 10 nitrogen and oxygen atoms in total. The molecule has 68 heavy (non-hydrogen) atoms. The molecule has 2 N–H and O–H groups in total. The van der Waals surface area contributed by atoms with Crippen molar-refractivity contribution in [2.75, 3.05) is 115 Å². The Morgan fingerprint density at radius 2 is 0.618 bits per heavy atom. The second kappa shape index (κ2) is 24.8. The van der Waals surface area contributed by atoms with Crippen LogP contribution in [-0.4, -0.2) is 221 Å². The molecule has 0 aromatic rings. The lowest BCUT2D eigenvalue weighted by molar-refractivity contribution is 0.179. The normalized spacial score (nSPS) is 44.8. The van der Waals surface area contributed by atoms with Crippen LogP contribution < -0.4 is 10.6 Å². The van der Waals surface area contributed by atoms with Crippen molar-refractivity contribution >= 4 is 0 Å². The van der Waals surface area contributed by atoms with Gasteiger partial charge in [-0.2, -0.15) is 0 Å². The van der Waals surface area contributed by atoms with Crippen molar-refractivity contribution in [3.05, 3.63) is 0 Å². The topological polar surface area (TPSA) is 50.0 Å². The van der Waals surface area contributed by atoms with Crippen LogP contribution in [0, 0.1) is 29.6 Å². The maximum atomic E-state index is 3.58. The summed E-state index contributed by atoms with van der Waals surface area (Å²) in [4.78, 5) is 20.1. The van der Waals surface area contributed by atoms with Gasteiger partial charge >= 0.3 is 0 Å². The van der Waals surface area contributed by atoms with Crippen molar-refractivity contribution in [1.82, 2.24) is 49.8 Å². The first-order valence-electron chi connectivity index (χ1n) is 30.0. The molecule has 16 aliphatic rings. The van der Waals surface area contributed by atoms with Gasteiger partial charge in [0, 0.05) is 125 Å². The van der Waals surface area contributed by atoms with Crippen LogP contribution in [0.3, 0.4) is 0 Å². The molecular weight excluding hydrogens is 837 g/mol. The summed E-state index contributed by atoms with van der Waals surface area (Å²) in [5.41, 5.74) is 0. The monoisotopic (exact) mass is 947 g/mol. The molecule has 16 rings (SSSR count). The van der Waals surface area contributed by atoms with E-state index in [0.29, 0.717) is 0 Å². The molecule has 12 saturated heterocycles. The lowest BCUT2D eigenvalue weighted by Gasteiger charge is -2.31. The van der Waals surface area contributed by atoms with Gasteiger partial charge in [0.2, 0.25) is 0 Å². The standard InChI is InChI=1S/2C8H15N.2C7H14N2.4C7H13N/c1-9-5-7-3-2-4-8(7)6-9;1-9-7-3-2-4-8(9)6-5-7;1-9-4-6-2-3-7(5-9)8-6;1-9-6-2-3-7(9)5-8-4-6;3*1-8-5-6-2-3-7(8)4-6;1-8-6-2-3-7(8)5-4-6/h2*7-8H,2-6H2,1H3;2*6-8H,2-5H2,1H3;4*6-7H,2-5H2,1H3/t;;;;2*6-,7+;;/m....10../s1. The second-order valence-electron chi connectivity index (χ2n) is 26.7. The minimum atomic E-state index is 0.814. The highest BCUT2D eigenvalue weighted by Gasteiger charge is 2.39. The number of likely N-dealkylation sites (tertiary alicyclic amines) is 5. The van der Waals surface area contributed by atoms with Gasteiger partial charge in [-0.1, -0.05) is 12.8 Å². The minimum absolute atomic E-state index is 0.814. The smallest absolute Gasteiger partial charge is 0.0221 e. The third-order valence-electron chi connectivity index (χ3n) is 22.0. The molecule has 12 heterocycles. The Labute approximate surface area is 420 Å². The van der Waals surface area contributed by atoms with Crippen molar-refractivity contribution in [2.24, 2.45) is 29.6 Å². The molecular formula is C58H110N10. The van der Waals surface area contributed by atoms with Gasteiger partial charge in [0.15, 0.2) is 0 Å². The number of hydrogen-bond donors (Lipinski definition) is 2. The Balaban J connectivity index is 0.0000000971. The van der Waals surface area contributed by atoms with E-state index in [9.17, 15) is 0 Å². The summed E-state index contributed by atoms with van der Waals surface area (Å²) in [6.07, 6.45) is 36.8. The lowest BCUT2D eigenvalue weighted by Crippen LogP contribution is -2.49. The number of hydrogen-bond acceptors (Lipinski definition) is 10. The summed E-state index contributed by atoms with van der Waals surface area (Å²) < 4.78 is 0. The highest BCUT2D eigenvalue weighted by Crippen LogP contribution is 2.39. The van der Waals surface area contributed by atoms with Crippen molar-refractivity contribution in [1.29, 1.82) is 0 Å². The molecule has 14 atom stereocenters. The first kappa shape index (κ1) is 52.5. The Morgan fingerprint density at radius 1 is 0.294 bits per heavy atom. The quantitative estimate of drug-likeness (QED) is 0.254. The van der Waals surface area contributed by atoms with Crippen molar-refractivity contribution < 1.29 is 0 Å². The van der Waals surface area contributed by atoms with Crippen LogP contribution >= 0.6 is 0 Å². The van der Waals surface area contributed by atoms with Crippen LogP contribution in [0.15, 0.2) is 0 Å². The first-order chi connectivity index (χ1) is 32.9. The lowest BCUT2D eigenvalue weighted by atomic mass is 10.0. The Kier molecular flexibility index (Phi) is 19.1. The average Bonchev–Trinajstić information content (AvgIpc) is 4.16. The molecule has 4 saturated carbocycles.